The van der Waals surface area contributed by atoms with Crippen LogP contribution in [0.15, 0.2) is 0 Å². The number of nitrogens with one attached hydrogen (secondary N) is 1. The molecule has 88 valence electrons. The van der Waals surface area contributed by atoms with E-state index < -0.39 is 0 Å². The molecule has 1 saturated carbocycles. The maximum Gasteiger partial charge on any atom is 0.0588 e. The smallest absolute Gasteiger partial charge is 0.0588 e. The predicted octanol–water partition coefficient (Wildman–Crippen LogP) is 1.13. The molecule has 3 nitrogen and oxygen atoms in total. The van der Waals surface area contributed by atoms with E-state index in [1.165, 1.54) is 19.3 Å². The molecule has 1 aliphatic carbocycles. The van der Waals surface area contributed by atoms with Gasteiger partial charge in [0.2, 0.25) is 0 Å². The summed E-state index contributed by atoms with van der Waals surface area (Å²) in [5.41, 5.74) is 6.04. The van der Waals surface area contributed by atoms with Crippen LogP contribution in [0.4, 0.5) is 0 Å². The third-order valence-electron chi connectivity index (χ3n) is 3.82. The minimum absolute atomic E-state index is 0.439. The fraction of sp³-hybridized carbons (Fsp3) is 1.00. The highest BCUT2D eigenvalue weighted by molar-refractivity contribution is 4.84. The number of hydrogen-bond acceptors (Lipinski definition) is 3. The highest BCUT2D eigenvalue weighted by Crippen LogP contribution is 2.32. The Kier molecular flexibility index (Phi) is 4.00. The first-order valence-corrected chi connectivity index (χ1v) is 6.35. The Bertz CT molecular complexity index is 194. The fourth-order valence-electron chi connectivity index (χ4n) is 2.36. The molecule has 1 aliphatic heterocycles. The molecule has 0 radical (unpaired) electrons. The molecule has 0 aromatic carbocycles. The Morgan fingerprint density at radius 1 is 1.40 bits per heavy atom. The van der Waals surface area contributed by atoms with Crippen LogP contribution in [0.5, 0.6) is 0 Å². The van der Waals surface area contributed by atoms with Crippen molar-refractivity contribution >= 4 is 0 Å². The van der Waals surface area contributed by atoms with Crippen molar-refractivity contribution in [3.05, 3.63) is 0 Å². The Balaban J connectivity index is 1.50. The molecule has 2 aliphatic rings. The molecular formula is C12H24N2O. The van der Waals surface area contributed by atoms with Gasteiger partial charge in [0.15, 0.2) is 0 Å². The minimum atomic E-state index is 0.439. The number of rotatable bonds is 6. The van der Waals surface area contributed by atoms with Gasteiger partial charge in [-0.05, 0) is 51.0 Å². The van der Waals surface area contributed by atoms with E-state index in [2.05, 4.69) is 12.2 Å². The lowest BCUT2D eigenvalue weighted by Gasteiger charge is -2.16. The van der Waals surface area contributed by atoms with Crippen LogP contribution in [0.2, 0.25) is 0 Å². The van der Waals surface area contributed by atoms with Crippen molar-refractivity contribution < 1.29 is 4.74 Å². The summed E-state index contributed by atoms with van der Waals surface area (Å²) < 4.78 is 5.53. The van der Waals surface area contributed by atoms with E-state index in [9.17, 15) is 0 Å². The van der Waals surface area contributed by atoms with Crippen LogP contribution in [-0.4, -0.2) is 31.8 Å². The van der Waals surface area contributed by atoms with Gasteiger partial charge in [-0.25, -0.2) is 0 Å². The van der Waals surface area contributed by atoms with Crippen molar-refractivity contribution in [1.82, 2.24) is 5.32 Å². The highest BCUT2D eigenvalue weighted by Gasteiger charge is 2.28. The topological polar surface area (TPSA) is 47.3 Å². The monoisotopic (exact) mass is 212 g/mol. The van der Waals surface area contributed by atoms with E-state index in [-0.39, 0.29) is 0 Å². The SMILES string of the molecule is CC1OCCC1CNCCC(N)C1CC1. The van der Waals surface area contributed by atoms with Gasteiger partial charge in [0.05, 0.1) is 6.10 Å². The molecular weight excluding hydrogens is 188 g/mol. The average molecular weight is 212 g/mol. The molecule has 3 heteroatoms. The second-order valence-electron chi connectivity index (χ2n) is 5.12. The third-order valence-corrected chi connectivity index (χ3v) is 3.82. The summed E-state index contributed by atoms with van der Waals surface area (Å²) in [6.45, 7) is 5.28. The molecule has 0 bridgehead atoms. The first kappa shape index (κ1) is 11.4. The Hall–Kier alpha value is -0.120. The second-order valence-corrected chi connectivity index (χ2v) is 5.12. The van der Waals surface area contributed by atoms with Crippen molar-refractivity contribution in [1.29, 1.82) is 0 Å². The summed E-state index contributed by atoms with van der Waals surface area (Å²) in [7, 11) is 0. The molecule has 0 spiro atoms. The first-order valence-electron chi connectivity index (χ1n) is 6.35. The number of hydrogen-bond donors (Lipinski definition) is 2. The fourth-order valence-corrected chi connectivity index (χ4v) is 2.36. The summed E-state index contributed by atoms with van der Waals surface area (Å²) in [4.78, 5) is 0. The molecule has 3 unspecified atom stereocenters. The van der Waals surface area contributed by atoms with Crippen molar-refractivity contribution in [3.8, 4) is 0 Å². The summed E-state index contributed by atoms with van der Waals surface area (Å²) in [6.07, 6.45) is 5.49. The lowest BCUT2D eigenvalue weighted by molar-refractivity contribution is 0.105. The highest BCUT2D eigenvalue weighted by atomic mass is 16.5. The average Bonchev–Trinajstić information content (AvgIpc) is 2.99. The van der Waals surface area contributed by atoms with E-state index >= 15 is 0 Å². The Morgan fingerprint density at radius 2 is 2.20 bits per heavy atom. The normalized spacial score (nSPS) is 33.2. The van der Waals surface area contributed by atoms with Gasteiger partial charge in [-0.15, -0.1) is 0 Å². The zero-order valence-electron chi connectivity index (χ0n) is 9.74. The van der Waals surface area contributed by atoms with Gasteiger partial charge in [-0.2, -0.15) is 0 Å². The molecule has 0 amide bonds. The maximum absolute atomic E-state index is 6.04. The summed E-state index contributed by atoms with van der Waals surface area (Å²) >= 11 is 0. The number of nitrogens with two attached hydrogens (primary N) is 1. The van der Waals surface area contributed by atoms with Gasteiger partial charge in [0, 0.05) is 19.2 Å². The zero-order chi connectivity index (χ0) is 10.7. The van der Waals surface area contributed by atoms with E-state index in [0.717, 1.165) is 32.0 Å². The van der Waals surface area contributed by atoms with Gasteiger partial charge in [0.1, 0.15) is 0 Å². The van der Waals surface area contributed by atoms with Gasteiger partial charge >= 0.3 is 0 Å². The minimum Gasteiger partial charge on any atom is -0.378 e. The van der Waals surface area contributed by atoms with E-state index in [4.69, 9.17) is 10.5 Å². The molecule has 2 fully saturated rings. The van der Waals surface area contributed by atoms with Crippen molar-refractivity contribution in [3.63, 3.8) is 0 Å². The predicted molar refractivity (Wildman–Crippen MR) is 61.7 cm³/mol. The van der Waals surface area contributed by atoms with Gasteiger partial charge < -0.3 is 15.8 Å². The van der Waals surface area contributed by atoms with Gasteiger partial charge in [0.25, 0.3) is 0 Å². The third kappa shape index (κ3) is 3.44. The molecule has 0 aromatic heterocycles. The maximum atomic E-state index is 6.04. The van der Waals surface area contributed by atoms with Crippen LogP contribution >= 0.6 is 0 Å². The standard InChI is InChI=1S/C12H24N2O/c1-9-11(5-7-15-9)8-14-6-4-12(13)10-2-3-10/h9-12,14H,2-8,13H2,1H3. The lowest BCUT2D eigenvalue weighted by atomic mass is 10.0. The molecule has 3 N–H and O–H groups in total. The van der Waals surface area contributed by atoms with Crippen molar-refractivity contribution in [2.75, 3.05) is 19.7 Å². The first-order chi connectivity index (χ1) is 7.27. The summed E-state index contributed by atoms with van der Waals surface area (Å²) in [6, 6.07) is 0.440. The van der Waals surface area contributed by atoms with Crippen molar-refractivity contribution in [2.24, 2.45) is 17.6 Å². The van der Waals surface area contributed by atoms with Gasteiger partial charge in [-0.3, -0.25) is 0 Å². The van der Waals surface area contributed by atoms with E-state index in [1.807, 2.05) is 0 Å². The van der Waals surface area contributed by atoms with E-state index in [0.29, 0.717) is 18.1 Å². The zero-order valence-corrected chi connectivity index (χ0v) is 9.74. The summed E-state index contributed by atoms with van der Waals surface area (Å²) in [5.74, 6) is 1.54. The second kappa shape index (κ2) is 5.28. The van der Waals surface area contributed by atoms with E-state index in [1.54, 1.807) is 0 Å². The Morgan fingerprint density at radius 3 is 2.80 bits per heavy atom. The van der Waals surface area contributed by atoms with Crippen LogP contribution in [0.1, 0.15) is 32.6 Å². The summed E-state index contributed by atoms with van der Waals surface area (Å²) in [5, 5.41) is 3.51. The molecule has 3 atom stereocenters. The van der Waals surface area contributed by atoms with Crippen LogP contribution < -0.4 is 11.1 Å². The number of ether oxygens (including phenoxy) is 1. The Labute approximate surface area is 92.7 Å². The molecule has 15 heavy (non-hydrogen) atoms. The van der Waals surface area contributed by atoms with Crippen LogP contribution in [0.25, 0.3) is 0 Å². The van der Waals surface area contributed by atoms with Crippen molar-refractivity contribution in [2.45, 2.75) is 44.8 Å². The quantitative estimate of drug-likeness (QED) is 0.649. The molecule has 2 rings (SSSR count). The van der Waals surface area contributed by atoms with Crippen LogP contribution in [-0.2, 0) is 4.74 Å². The molecule has 1 saturated heterocycles. The largest absolute Gasteiger partial charge is 0.378 e. The molecule has 0 aromatic rings. The van der Waals surface area contributed by atoms with Gasteiger partial charge in [-0.1, -0.05) is 0 Å². The van der Waals surface area contributed by atoms with Crippen LogP contribution in [0, 0.1) is 11.8 Å². The lowest BCUT2D eigenvalue weighted by Crippen LogP contribution is -2.32. The molecule has 1 heterocycles. The van der Waals surface area contributed by atoms with Crippen LogP contribution in [0.3, 0.4) is 0 Å².